The zero-order chi connectivity index (χ0) is 31.2. The van der Waals surface area contributed by atoms with E-state index in [9.17, 15) is 18.8 Å². The van der Waals surface area contributed by atoms with Gasteiger partial charge in [-0.25, -0.2) is 4.39 Å². The van der Waals surface area contributed by atoms with Crippen LogP contribution in [0, 0.1) is 29.5 Å². The summed E-state index contributed by atoms with van der Waals surface area (Å²) in [6, 6.07) is 3.71. The number of fused-ring (bicyclic) bond motifs is 1. The van der Waals surface area contributed by atoms with Crippen molar-refractivity contribution in [1.29, 1.82) is 0 Å². The fourth-order valence-corrected chi connectivity index (χ4v) is 8.80. The van der Waals surface area contributed by atoms with Crippen LogP contribution >= 0.6 is 11.6 Å². The molecule has 4 aliphatic heterocycles. The minimum absolute atomic E-state index is 0.0298. The van der Waals surface area contributed by atoms with Gasteiger partial charge < -0.3 is 25.2 Å². The first kappa shape index (κ1) is 31.5. The van der Waals surface area contributed by atoms with Crippen LogP contribution in [-0.4, -0.2) is 77.0 Å². The normalized spacial score (nSPS) is 36.5. The Labute approximate surface area is 265 Å². The fraction of sp³-hybridized carbons (Fsp3) is 0.676. The minimum Gasteiger partial charge on any atom is -0.359 e. The van der Waals surface area contributed by atoms with E-state index in [4.69, 9.17) is 16.3 Å². The molecule has 5 aliphatic rings. The molecule has 1 saturated carbocycles. The molecule has 1 aromatic rings. The van der Waals surface area contributed by atoms with Gasteiger partial charge >= 0.3 is 0 Å². The Morgan fingerprint density at radius 1 is 1.11 bits per heavy atom. The topological polar surface area (TPSA) is 91.0 Å². The molecule has 9 atom stereocenters. The van der Waals surface area contributed by atoms with Crippen molar-refractivity contribution in [3.8, 4) is 0 Å². The highest BCUT2D eigenvalue weighted by Gasteiger charge is 2.72. The number of anilines is 1. The monoisotopic (exact) mass is 628 g/mol. The molecule has 3 saturated heterocycles. The van der Waals surface area contributed by atoms with Crippen LogP contribution in [0.25, 0.3) is 0 Å². The number of ether oxygens (including phenoxy) is 1. The van der Waals surface area contributed by atoms with Crippen LogP contribution in [0.1, 0.15) is 72.1 Å². The van der Waals surface area contributed by atoms with Gasteiger partial charge in [0.15, 0.2) is 0 Å². The summed E-state index contributed by atoms with van der Waals surface area (Å²) < 4.78 is 20.3. The molecule has 1 aromatic carbocycles. The summed E-state index contributed by atoms with van der Waals surface area (Å²) in [5.41, 5.74) is -0.874. The van der Waals surface area contributed by atoms with Crippen molar-refractivity contribution in [1.82, 2.24) is 15.1 Å². The van der Waals surface area contributed by atoms with E-state index in [0.29, 0.717) is 30.1 Å². The quantitative estimate of drug-likeness (QED) is 0.369. The maximum Gasteiger partial charge on any atom is 0.246 e. The number of carbonyl (C=O) groups is 3. The lowest BCUT2D eigenvalue weighted by Crippen LogP contribution is -2.58. The van der Waals surface area contributed by atoms with Crippen LogP contribution in [0.4, 0.5) is 10.1 Å². The number of piperidine rings is 1. The van der Waals surface area contributed by atoms with Gasteiger partial charge in [-0.1, -0.05) is 63.8 Å². The van der Waals surface area contributed by atoms with E-state index in [1.807, 2.05) is 12.2 Å². The Morgan fingerprint density at radius 3 is 2.70 bits per heavy atom. The molecule has 8 nitrogen and oxygen atoms in total. The van der Waals surface area contributed by atoms with Gasteiger partial charge in [-0.15, -0.1) is 0 Å². The first-order chi connectivity index (χ1) is 21.1. The predicted octanol–water partition coefficient (Wildman–Crippen LogP) is 5.16. The summed E-state index contributed by atoms with van der Waals surface area (Å²) in [4.78, 5) is 46.5. The van der Waals surface area contributed by atoms with Gasteiger partial charge in [0.25, 0.3) is 0 Å². The molecule has 4 fully saturated rings. The zero-order valence-corrected chi connectivity index (χ0v) is 26.8. The SMILES string of the molecule is CCC1CCCCN1CCCN1C(=O)[C@@H]2C(C(=O)Nc3ccc(F)c(Cl)c3)[C@@H]3C=CC2(O3)C1C(=O)NC1CCCC(C)C1C. The Bertz CT molecular complexity index is 1310. The maximum absolute atomic E-state index is 14.3. The number of hydrogen-bond donors (Lipinski definition) is 2. The number of hydrogen-bond acceptors (Lipinski definition) is 5. The molecule has 0 aromatic heterocycles. The van der Waals surface area contributed by atoms with E-state index in [0.717, 1.165) is 45.2 Å². The van der Waals surface area contributed by atoms with E-state index in [-0.39, 0.29) is 22.9 Å². The highest BCUT2D eigenvalue weighted by atomic mass is 35.5. The van der Waals surface area contributed by atoms with Crippen molar-refractivity contribution in [2.75, 3.05) is 25.0 Å². The molecule has 10 heteroatoms. The molecule has 44 heavy (non-hydrogen) atoms. The smallest absolute Gasteiger partial charge is 0.246 e. The van der Waals surface area contributed by atoms with E-state index < -0.39 is 41.3 Å². The second-order valence-electron chi connectivity index (χ2n) is 13.7. The zero-order valence-electron chi connectivity index (χ0n) is 26.1. The molecular formula is C34H46ClFN4O4. The molecule has 6 rings (SSSR count). The van der Waals surface area contributed by atoms with Gasteiger partial charge in [-0.3, -0.25) is 14.4 Å². The second kappa shape index (κ2) is 12.7. The van der Waals surface area contributed by atoms with Crippen LogP contribution in [0.3, 0.4) is 0 Å². The van der Waals surface area contributed by atoms with Gasteiger partial charge in [0.2, 0.25) is 17.7 Å². The summed E-state index contributed by atoms with van der Waals surface area (Å²) >= 11 is 5.96. The van der Waals surface area contributed by atoms with Gasteiger partial charge in [0, 0.05) is 30.9 Å². The molecule has 240 valence electrons. The van der Waals surface area contributed by atoms with Crippen molar-refractivity contribution in [2.45, 2.75) is 102 Å². The van der Waals surface area contributed by atoms with Gasteiger partial charge in [-0.2, -0.15) is 0 Å². The Hall–Kier alpha value is -2.49. The third-order valence-corrected chi connectivity index (χ3v) is 11.5. The predicted molar refractivity (Wildman–Crippen MR) is 167 cm³/mol. The number of halogens is 2. The van der Waals surface area contributed by atoms with Crippen molar-refractivity contribution in [2.24, 2.45) is 23.7 Å². The summed E-state index contributed by atoms with van der Waals surface area (Å²) in [7, 11) is 0. The average molecular weight is 629 g/mol. The molecular weight excluding hydrogens is 583 g/mol. The van der Waals surface area contributed by atoms with E-state index in [1.165, 1.54) is 37.5 Å². The molecule has 0 radical (unpaired) electrons. The average Bonchev–Trinajstić information content (AvgIpc) is 3.65. The standard InChI is InChI=1S/C34H46ClFN4O4/c1-4-23-10-5-6-16-39(23)17-8-18-40-30(32(42)38-26-11-7-9-20(2)21(26)3)34-15-14-27(44-34)28(29(34)33(40)43)31(41)37-22-12-13-25(36)24(35)19-22/h12-15,19-21,23,26-30H,4-11,16-18H2,1-3H3,(H,37,41)(H,38,42)/t20?,21?,23?,26?,27-,28?,29-,30?,34?/m0/s1. The number of carbonyl (C=O) groups excluding carboxylic acids is 3. The first-order valence-electron chi connectivity index (χ1n) is 16.6. The third-order valence-electron chi connectivity index (χ3n) is 11.2. The number of nitrogens with zero attached hydrogens (tertiary/aromatic N) is 2. The molecule has 7 unspecified atom stereocenters. The molecule has 2 bridgehead atoms. The van der Waals surface area contributed by atoms with Crippen molar-refractivity contribution >= 4 is 35.0 Å². The van der Waals surface area contributed by atoms with Gasteiger partial charge in [0.05, 0.1) is 23.0 Å². The van der Waals surface area contributed by atoms with Crippen LogP contribution in [0.15, 0.2) is 30.4 Å². The lowest BCUT2D eigenvalue weighted by molar-refractivity contribution is -0.141. The Morgan fingerprint density at radius 2 is 1.93 bits per heavy atom. The van der Waals surface area contributed by atoms with Crippen LogP contribution < -0.4 is 10.6 Å². The number of nitrogens with one attached hydrogen (secondary N) is 2. The molecule has 4 heterocycles. The number of amides is 3. The van der Waals surface area contributed by atoms with Crippen LogP contribution in [-0.2, 0) is 19.1 Å². The van der Waals surface area contributed by atoms with E-state index in [1.54, 1.807) is 4.90 Å². The van der Waals surface area contributed by atoms with Crippen LogP contribution in [0.2, 0.25) is 5.02 Å². The summed E-state index contributed by atoms with van der Waals surface area (Å²) in [5.74, 6) is -2.23. The Kier molecular flexibility index (Phi) is 9.10. The van der Waals surface area contributed by atoms with E-state index >= 15 is 0 Å². The summed E-state index contributed by atoms with van der Waals surface area (Å²) in [6.45, 7) is 8.99. The highest BCUT2D eigenvalue weighted by Crippen LogP contribution is 2.55. The number of likely N-dealkylation sites (tertiary alicyclic amines) is 2. The van der Waals surface area contributed by atoms with Gasteiger partial charge in [0.1, 0.15) is 17.5 Å². The van der Waals surface area contributed by atoms with E-state index in [2.05, 4.69) is 36.3 Å². The number of benzene rings is 1. The Balaban J connectivity index is 1.25. The molecule has 2 N–H and O–H groups in total. The first-order valence-corrected chi connectivity index (χ1v) is 17.0. The maximum atomic E-state index is 14.3. The van der Waals surface area contributed by atoms with Crippen molar-refractivity contribution < 1.29 is 23.5 Å². The molecule has 3 amide bonds. The molecule has 1 spiro atoms. The van der Waals surface area contributed by atoms with Crippen molar-refractivity contribution in [3.63, 3.8) is 0 Å². The second-order valence-corrected chi connectivity index (χ2v) is 14.1. The van der Waals surface area contributed by atoms with Gasteiger partial charge in [-0.05, 0) is 68.7 Å². The van der Waals surface area contributed by atoms with Crippen molar-refractivity contribution in [3.05, 3.63) is 41.2 Å². The summed E-state index contributed by atoms with van der Waals surface area (Å²) in [5, 5.41) is 6.04. The minimum atomic E-state index is -1.21. The largest absolute Gasteiger partial charge is 0.359 e. The molecule has 1 aliphatic carbocycles. The van der Waals surface area contributed by atoms with Crippen LogP contribution in [0.5, 0.6) is 0 Å². The lowest BCUT2D eigenvalue weighted by atomic mass is 9.73. The highest BCUT2D eigenvalue weighted by molar-refractivity contribution is 6.31. The number of rotatable bonds is 9. The summed E-state index contributed by atoms with van der Waals surface area (Å²) in [6.07, 6.45) is 11.6. The lowest BCUT2D eigenvalue weighted by Gasteiger charge is -2.38. The fourth-order valence-electron chi connectivity index (χ4n) is 8.62. The third kappa shape index (κ3) is 5.58.